The predicted octanol–water partition coefficient (Wildman–Crippen LogP) is 4.89. The van der Waals surface area contributed by atoms with Gasteiger partial charge >= 0.3 is 0 Å². The Bertz CT molecular complexity index is 1470. The van der Waals surface area contributed by atoms with Crippen molar-refractivity contribution in [3.05, 3.63) is 71.2 Å². The summed E-state index contributed by atoms with van der Waals surface area (Å²) in [6, 6.07) is 13.1. The molecule has 7 nitrogen and oxygen atoms in total. The lowest BCUT2D eigenvalue weighted by Gasteiger charge is -2.32. The summed E-state index contributed by atoms with van der Waals surface area (Å²) in [5, 5.41) is 9.22. The van der Waals surface area contributed by atoms with E-state index < -0.39 is 0 Å². The van der Waals surface area contributed by atoms with Crippen LogP contribution >= 0.6 is 0 Å². The van der Waals surface area contributed by atoms with E-state index >= 15 is 0 Å². The Kier molecular flexibility index (Phi) is 5.72. The fraction of sp³-hybridized carbons (Fsp3) is 0.345. The molecule has 2 aromatic heterocycles. The van der Waals surface area contributed by atoms with Crippen molar-refractivity contribution in [2.75, 3.05) is 31.7 Å². The van der Waals surface area contributed by atoms with Gasteiger partial charge in [-0.25, -0.2) is 4.98 Å². The maximum absolute atomic E-state index is 12.7. The summed E-state index contributed by atoms with van der Waals surface area (Å²) in [5.41, 5.74) is 7.71. The van der Waals surface area contributed by atoms with Crippen molar-refractivity contribution in [1.29, 1.82) is 0 Å². The third kappa shape index (κ3) is 3.93. The van der Waals surface area contributed by atoms with Gasteiger partial charge in [0, 0.05) is 56.0 Å². The molecule has 1 saturated heterocycles. The van der Waals surface area contributed by atoms with E-state index in [1.54, 1.807) is 7.05 Å². The fourth-order valence-corrected chi connectivity index (χ4v) is 5.59. The van der Waals surface area contributed by atoms with Crippen molar-refractivity contribution in [1.82, 2.24) is 20.1 Å². The Morgan fingerprint density at radius 1 is 1.19 bits per heavy atom. The van der Waals surface area contributed by atoms with Gasteiger partial charge in [0.1, 0.15) is 11.5 Å². The van der Waals surface area contributed by atoms with Gasteiger partial charge in [-0.15, -0.1) is 0 Å². The first-order valence-corrected chi connectivity index (χ1v) is 12.7. The Hall–Kier alpha value is -3.71. The average molecular weight is 482 g/mol. The number of ether oxygens (including phenoxy) is 1. The SMILES string of the molecule is CNC(=O)c1cc2cc(C3CCOC3)ccc2c(N2CCCc3cc(-c4cnn(C)c4)c(C)cc32)n1. The number of fused-ring (bicyclic) bond motifs is 2. The number of carbonyl (C=O) groups excluding carboxylic acids is 1. The molecular formula is C29H31N5O2. The lowest BCUT2D eigenvalue weighted by molar-refractivity contribution is 0.0958. The highest BCUT2D eigenvalue weighted by atomic mass is 16.5. The quantitative estimate of drug-likeness (QED) is 0.449. The van der Waals surface area contributed by atoms with Gasteiger partial charge in [-0.05, 0) is 72.0 Å². The molecule has 7 heteroatoms. The number of pyridine rings is 1. The van der Waals surface area contributed by atoms with E-state index in [9.17, 15) is 4.79 Å². The molecule has 1 amide bonds. The van der Waals surface area contributed by atoms with Crippen molar-refractivity contribution in [2.24, 2.45) is 7.05 Å². The fourth-order valence-electron chi connectivity index (χ4n) is 5.59. The van der Waals surface area contributed by atoms with Crippen molar-refractivity contribution < 1.29 is 9.53 Å². The second-order valence-corrected chi connectivity index (χ2v) is 9.91. The number of amides is 1. The van der Waals surface area contributed by atoms with Crippen molar-refractivity contribution in [2.45, 2.75) is 32.1 Å². The lowest BCUT2D eigenvalue weighted by Crippen LogP contribution is -2.27. The van der Waals surface area contributed by atoms with Crippen LogP contribution in [-0.2, 0) is 18.2 Å². The molecule has 6 rings (SSSR count). The number of aromatic nitrogens is 3. The molecule has 0 radical (unpaired) electrons. The molecule has 2 aliphatic heterocycles. The molecule has 1 atom stereocenters. The maximum Gasteiger partial charge on any atom is 0.269 e. The summed E-state index contributed by atoms with van der Waals surface area (Å²) in [5.74, 6) is 1.07. The minimum Gasteiger partial charge on any atom is -0.381 e. The summed E-state index contributed by atoms with van der Waals surface area (Å²) in [4.78, 5) is 19.9. The van der Waals surface area contributed by atoms with Crippen LogP contribution in [0.5, 0.6) is 0 Å². The minimum absolute atomic E-state index is 0.173. The molecule has 0 saturated carbocycles. The van der Waals surface area contributed by atoms with Gasteiger partial charge in [0.2, 0.25) is 0 Å². The number of aryl methyl sites for hydroxylation is 3. The van der Waals surface area contributed by atoms with Gasteiger partial charge in [-0.1, -0.05) is 18.2 Å². The largest absolute Gasteiger partial charge is 0.381 e. The summed E-state index contributed by atoms with van der Waals surface area (Å²) in [6.07, 6.45) is 7.05. The number of carbonyl (C=O) groups is 1. The summed E-state index contributed by atoms with van der Waals surface area (Å²) in [6.45, 7) is 4.57. The van der Waals surface area contributed by atoms with Gasteiger partial charge in [0.05, 0.1) is 12.8 Å². The Morgan fingerprint density at radius 3 is 2.83 bits per heavy atom. The van der Waals surface area contributed by atoms with E-state index in [0.29, 0.717) is 11.6 Å². The van der Waals surface area contributed by atoms with E-state index in [2.05, 4.69) is 58.8 Å². The molecule has 184 valence electrons. The predicted molar refractivity (Wildman–Crippen MR) is 142 cm³/mol. The first-order chi connectivity index (χ1) is 17.5. The highest BCUT2D eigenvalue weighted by Crippen LogP contribution is 2.40. The molecule has 0 spiro atoms. The monoisotopic (exact) mass is 481 g/mol. The van der Waals surface area contributed by atoms with Crippen molar-refractivity contribution in [3.63, 3.8) is 0 Å². The highest BCUT2D eigenvalue weighted by molar-refractivity contribution is 6.01. The maximum atomic E-state index is 12.7. The first-order valence-electron chi connectivity index (χ1n) is 12.7. The normalized spacial score (nSPS) is 17.4. The zero-order chi connectivity index (χ0) is 24.8. The zero-order valence-corrected chi connectivity index (χ0v) is 21.0. The standard InChI is InChI=1S/C29H31N5O2/c1-18-11-27-20(13-25(18)23-15-31-33(3)16-23)5-4-9-34(27)28-24-7-6-19(21-8-10-36-17-21)12-22(24)14-26(32-28)29(35)30-2/h6-7,11-16,21H,4-5,8-10,17H2,1-3H3,(H,30,35). The molecule has 2 aromatic carbocycles. The second-order valence-electron chi connectivity index (χ2n) is 9.91. The van der Waals surface area contributed by atoms with Crippen LogP contribution in [0, 0.1) is 6.92 Å². The van der Waals surface area contributed by atoms with Gasteiger partial charge in [0.15, 0.2) is 0 Å². The molecule has 1 unspecified atom stereocenters. The van der Waals surface area contributed by atoms with E-state index in [4.69, 9.17) is 9.72 Å². The van der Waals surface area contributed by atoms with E-state index in [0.717, 1.165) is 61.2 Å². The Labute approximate surface area is 211 Å². The van der Waals surface area contributed by atoms with Gasteiger partial charge in [-0.3, -0.25) is 9.48 Å². The van der Waals surface area contributed by atoms with Crippen molar-refractivity contribution in [3.8, 4) is 11.1 Å². The number of nitrogens with zero attached hydrogens (tertiary/aromatic N) is 4. The average Bonchev–Trinajstić information content (AvgIpc) is 3.59. The number of hydrogen-bond acceptors (Lipinski definition) is 5. The van der Waals surface area contributed by atoms with Crippen LogP contribution in [0.25, 0.3) is 21.9 Å². The van der Waals surface area contributed by atoms with Gasteiger partial charge < -0.3 is 15.0 Å². The third-order valence-electron chi connectivity index (χ3n) is 7.51. The number of hydrogen-bond donors (Lipinski definition) is 1. The lowest BCUT2D eigenvalue weighted by atomic mass is 9.93. The second kappa shape index (κ2) is 9.06. The third-order valence-corrected chi connectivity index (χ3v) is 7.51. The molecule has 36 heavy (non-hydrogen) atoms. The van der Waals surface area contributed by atoms with Gasteiger partial charge in [0.25, 0.3) is 5.91 Å². The number of nitrogens with one attached hydrogen (secondary N) is 1. The minimum atomic E-state index is -0.173. The topological polar surface area (TPSA) is 72.3 Å². The Balaban J connectivity index is 1.49. The van der Waals surface area contributed by atoms with Gasteiger partial charge in [-0.2, -0.15) is 5.10 Å². The highest BCUT2D eigenvalue weighted by Gasteiger charge is 2.25. The molecule has 1 fully saturated rings. The van der Waals surface area contributed by atoms with Crippen molar-refractivity contribution >= 4 is 28.2 Å². The van der Waals surface area contributed by atoms with Crippen LogP contribution in [0.4, 0.5) is 11.5 Å². The molecule has 4 aromatic rings. The first kappa shape index (κ1) is 22.7. The molecule has 0 aliphatic carbocycles. The summed E-state index contributed by atoms with van der Waals surface area (Å²) >= 11 is 0. The zero-order valence-electron chi connectivity index (χ0n) is 21.0. The van der Waals surface area contributed by atoms with Crippen LogP contribution in [0.15, 0.2) is 48.8 Å². The molecule has 2 aliphatic rings. The number of anilines is 2. The Morgan fingerprint density at radius 2 is 2.08 bits per heavy atom. The molecular weight excluding hydrogens is 450 g/mol. The smallest absolute Gasteiger partial charge is 0.269 e. The summed E-state index contributed by atoms with van der Waals surface area (Å²) in [7, 11) is 3.60. The molecule has 4 heterocycles. The van der Waals surface area contributed by atoms with E-state index in [1.807, 2.05) is 24.0 Å². The van der Waals surface area contributed by atoms with Crippen LogP contribution in [0.2, 0.25) is 0 Å². The van der Waals surface area contributed by atoms with E-state index in [-0.39, 0.29) is 5.91 Å². The van der Waals surface area contributed by atoms with Crippen LogP contribution in [-0.4, -0.2) is 47.5 Å². The van der Waals surface area contributed by atoms with E-state index in [1.165, 1.54) is 27.9 Å². The number of rotatable bonds is 4. The number of benzene rings is 2. The molecule has 1 N–H and O–H groups in total. The van der Waals surface area contributed by atoms with Crippen LogP contribution in [0.3, 0.4) is 0 Å². The summed E-state index contributed by atoms with van der Waals surface area (Å²) < 4.78 is 7.47. The van der Waals surface area contributed by atoms with Crippen LogP contribution < -0.4 is 10.2 Å². The van der Waals surface area contributed by atoms with Crippen LogP contribution in [0.1, 0.15) is 45.9 Å². The molecule has 0 bridgehead atoms.